The molecule has 1 aliphatic carbocycles. The van der Waals surface area contributed by atoms with E-state index in [4.69, 9.17) is 9.47 Å². The first-order chi connectivity index (χ1) is 16.1. The molecule has 3 rings (SSSR count). The standard InChI is InChI=1S/C25H32N2O6S/c1-5-32-24(29)25(12-13-25)19-6-8-20(9-7-19)27-23(28)16-33-22-11-10-21(14-18(22)4)34(30,31)26-15-17(2)3/h6-11,14,17,26H,5,12-13,15-16H2,1-4H3,(H,27,28). The lowest BCUT2D eigenvalue weighted by Crippen LogP contribution is -2.27. The van der Waals surface area contributed by atoms with E-state index in [2.05, 4.69) is 10.0 Å². The number of ether oxygens (including phenoxy) is 2. The second-order valence-corrected chi connectivity index (χ2v) is 10.7. The Morgan fingerprint density at radius 2 is 1.76 bits per heavy atom. The van der Waals surface area contributed by atoms with Crippen molar-refractivity contribution in [2.75, 3.05) is 25.1 Å². The lowest BCUT2D eigenvalue weighted by molar-refractivity contribution is -0.146. The molecule has 2 N–H and O–H groups in total. The number of carbonyl (C=O) groups is 2. The average Bonchev–Trinajstić information content (AvgIpc) is 3.60. The molecule has 1 aliphatic rings. The van der Waals surface area contributed by atoms with Gasteiger partial charge >= 0.3 is 5.97 Å². The van der Waals surface area contributed by atoms with Crippen molar-refractivity contribution in [1.82, 2.24) is 4.72 Å². The van der Waals surface area contributed by atoms with Crippen LogP contribution >= 0.6 is 0 Å². The molecule has 0 bridgehead atoms. The summed E-state index contributed by atoms with van der Waals surface area (Å²) in [5.74, 6) is 0.0676. The molecule has 0 radical (unpaired) electrons. The first kappa shape index (κ1) is 25.7. The molecular formula is C25H32N2O6S. The summed E-state index contributed by atoms with van der Waals surface area (Å²) in [4.78, 5) is 24.7. The van der Waals surface area contributed by atoms with Crippen molar-refractivity contribution in [1.29, 1.82) is 0 Å². The Hall–Kier alpha value is -2.91. The summed E-state index contributed by atoms with van der Waals surface area (Å²) in [6, 6.07) is 11.7. The van der Waals surface area contributed by atoms with E-state index < -0.39 is 15.4 Å². The van der Waals surface area contributed by atoms with E-state index in [9.17, 15) is 18.0 Å². The number of benzene rings is 2. The van der Waals surface area contributed by atoms with Crippen molar-refractivity contribution < 1.29 is 27.5 Å². The number of nitrogens with one attached hydrogen (secondary N) is 2. The number of sulfonamides is 1. The molecule has 2 aromatic carbocycles. The van der Waals surface area contributed by atoms with E-state index in [-0.39, 0.29) is 29.3 Å². The highest BCUT2D eigenvalue weighted by atomic mass is 32.2. The number of aryl methyl sites for hydroxylation is 1. The number of esters is 1. The fourth-order valence-electron chi connectivity index (χ4n) is 3.53. The van der Waals surface area contributed by atoms with Crippen LogP contribution in [-0.2, 0) is 29.8 Å². The number of amides is 1. The zero-order chi connectivity index (χ0) is 24.9. The summed E-state index contributed by atoms with van der Waals surface area (Å²) in [6.45, 7) is 7.84. The van der Waals surface area contributed by atoms with E-state index in [1.54, 1.807) is 32.0 Å². The lowest BCUT2D eigenvalue weighted by Gasteiger charge is -2.15. The summed E-state index contributed by atoms with van der Waals surface area (Å²) in [5.41, 5.74) is 1.53. The Bertz CT molecular complexity index is 1140. The number of hydrogen-bond acceptors (Lipinski definition) is 6. The summed E-state index contributed by atoms with van der Waals surface area (Å²) < 4.78 is 38.1. The number of anilines is 1. The van der Waals surface area contributed by atoms with Crippen molar-refractivity contribution in [3.63, 3.8) is 0 Å². The van der Waals surface area contributed by atoms with Gasteiger partial charge in [0.05, 0.1) is 16.9 Å². The monoisotopic (exact) mass is 488 g/mol. The maximum atomic E-state index is 12.4. The van der Waals surface area contributed by atoms with E-state index in [1.165, 1.54) is 12.1 Å². The lowest BCUT2D eigenvalue weighted by atomic mass is 9.96. The van der Waals surface area contributed by atoms with Crippen LogP contribution in [0.1, 0.15) is 44.7 Å². The van der Waals surface area contributed by atoms with Gasteiger partial charge in [-0.1, -0.05) is 26.0 Å². The topological polar surface area (TPSA) is 111 Å². The average molecular weight is 489 g/mol. The van der Waals surface area contributed by atoms with Crippen LogP contribution in [0.2, 0.25) is 0 Å². The van der Waals surface area contributed by atoms with Crippen LogP contribution in [0, 0.1) is 12.8 Å². The minimum atomic E-state index is -3.60. The molecule has 8 nitrogen and oxygen atoms in total. The Morgan fingerprint density at radius 1 is 1.09 bits per heavy atom. The van der Waals surface area contributed by atoms with Gasteiger partial charge in [-0.2, -0.15) is 0 Å². The van der Waals surface area contributed by atoms with Gasteiger partial charge in [0.1, 0.15) is 5.75 Å². The van der Waals surface area contributed by atoms with E-state index in [0.717, 1.165) is 18.4 Å². The van der Waals surface area contributed by atoms with Crippen LogP contribution < -0.4 is 14.8 Å². The van der Waals surface area contributed by atoms with Crippen molar-refractivity contribution >= 4 is 27.6 Å². The van der Waals surface area contributed by atoms with Gasteiger partial charge in [0.2, 0.25) is 10.0 Å². The zero-order valence-corrected chi connectivity index (χ0v) is 20.8. The van der Waals surface area contributed by atoms with Gasteiger partial charge in [0.25, 0.3) is 5.91 Å². The minimum absolute atomic E-state index is 0.152. The number of hydrogen-bond donors (Lipinski definition) is 2. The van der Waals surface area contributed by atoms with Gasteiger partial charge in [-0.3, -0.25) is 9.59 Å². The molecule has 0 unspecified atom stereocenters. The van der Waals surface area contributed by atoms with Crippen molar-refractivity contribution in [2.45, 2.75) is 50.8 Å². The molecule has 2 aromatic rings. The molecular weight excluding hydrogens is 456 g/mol. The van der Waals surface area contributed by atoms with E-state index in [0.29, 0.717) is 30.2 Å². The molecule has 1 amide bonds. The first-order valence-corrected chi connectivity index (χ1v) is 12.9. The van der Waals surface area contributed by atoms with Gasteiger partial charge in [-0.15, -0.1) is 0 Å². The number of carbonyl (C=O) groups excluding carboxylic acids is 2. The third kappa shape index (κ3) is 6.15. The SMILES string of the molecule is CCOC(=O)C1(c2ccc(NC(=O)COc3ccc(S(=O)(=O)NCC(C)C)cc3C)cc2)CC1. The Morgan fingerprint density at radius 3 is 2.32 bits per heavy atom. The molecule has 0 heterocycles. The molecule has 0 atom stereocenters. The van der Waals surface area contributed by atoms with Gasteiger partial charge in [-0.25, -0.2) is 13.1 Å². The van der Waals surface area contributed by atoms with Crippen LogP contribution in [-0.4, -0.2) is 40.1 Å². The summed E-state index contributed by atoms with van der Waals surface area (Å²) in [7, 11) is -3.60. The van der Waals surface area contributed by atoms with Crippen molar-refractivity contribution in [2.24, 2.45) is 5.92 Å². The predicted molar refractivity (Wildman–Crippen MR) is 129 cm³/mol. The first-order valence-electron chi connectivity index (χ1n) is 11.4. The van der Waals surface area contributed by atoms with Crippen LogP contribution in [0.4, 0.5) is 5.69 Å². The highest BCUT2D eigenvalue weighted by Gasteiger charge is 2.52. The van der Waals surface area contributed by atoms with Crippen LogP contribution in [0.15, 0.2) is 47.4 Å². The highest BCUT2D eigenvalue weighted by Crippen LogP contribution is 2.49. The molecule has 1 fully saturated rings. The van der Waals surface area contributed by atoms with E-state index >= 15 is 0 Å². The van der Waals surface area contributed by atoms with Crippen molar-refractivity contribution in [3.8, 4) is 5.75 Å². The van der Waals surface area contributed by atoms with Crippen molar-refractivity contribution in [3.05, 3.63) is 53.6 Å². The molecule has 34 heavy (non-hydrogen) atoms. The highest BCUT2D eigenvalue weighted by molar-refractivity contribution is 7.89. The van der Waals surface area contributed by atoms with Gasteiger partial charge in [0.15, 0.2) is 6.61 Å². The fourth-order valence-corrected chi connectivity index (χ4v) is 4.83. The Labute approximate surface area is 201 Å². The molecule has 9 heteroatoms. The van der Waals surface area contributed by atoms with Gasteiger partial charge < -0.3 is 14.8 Å². The van der Waals surface area contributed by atoms with Gasteiger partial charge in [-0.05, 0) is 74.1 Å². The minimum Gasteiger partial charge on any atom is -0.483 e. The summed E-state index contributed by atoms with van der Waals surface area (Å²) in [6.07, 6.45) is 1.53. The third-order valence-electron chi connectivity index (χ3n) is 5.63. The molecule has 0 aromatic heterocycles. The largest absolute Gasteiger partial charge is 0.483 e. The third-order valence-corrected chi connectivity index (χ3v) is 7.06. The molecule has 184 valence electrons. The Kier molecular flexibility index (Phi) is 7.99. The van der Waals surface area contributed by atoms with Crippen LogP contribution in [0.25, 0.3) is 0 Å². The van der Waals surface area contributed by atoms with E-state index in [1.807, 2.05) is 26.0 Å². The number of rotatable bonds is 11. The summed E-state index contributed by atoms with van der Waals surface area (Å²) >= 11 is 0. The van der Waals surface area contributed by atoms with Gasteiger partial charge in [0, 0.05) is 12.2 Å². The second-order valence-electron chi connectivity index (χ2n) is 8.89. The fraction of sp³-hybridized carbons (Fsp3) is 0.440. The molecule has 0 aliphatic heterocycles. The molecule has 0 spiro atoms. The predicted octanol–water partition coefficient (Wildman–Crippen LogP) is 3.54. The van der Waals surface area contributed by atoms with Crippen LogP contribution in [0.5, 0.6) is 5.75 Å². The summed E-state index contributed by atoms with van der Waals surface area (Å²) in [5, 5.41) is 2.76. The maximum Gasteiger partial charge on any atom is 0.316 e. The zero-order valence-electron chi connectivity index (χ0n) is 20.0. The Balaban J connectivity index is 1.55. The quantitative estimate of drug-likeness (QED) is 0.468. The normalized spacial score (nSPS) is 14.5. The molecule has 0 saturated heterocycles. The molecule has 1 saturated carbocycles. The van der Waals surface area contributed by atoms with Crippen LogP contribution in [0.3, 0.4) is 0 Å². The maximum absolute atomic E-state index is 12.4. The second kappa shape index (κ2) is 10.6. The smallest absolute Gasteiger partial charge is 0.316 e.